The first-order valence-corrected chi connectivity index (χ1v) is 3.98. The number of hydrogen-bond donors (Lipinski definition) is 2. The van der Waals surface area contributed by atoms with Gasteiger partial charge in [0.1, 0.15) is 0 Å². The second-order valence-electron chi connectivity index (χ2n) is 3.42. The maximum Gasteiger partial charge on any atom is 0.0631 e. The average Bonchev–Trinajstić information content (AvgIpc) is 1.86. The van der Waals surface area contributed by atoms with Crippen LogP contribution in [0.15, 0.2) is 5.16 Å². The quantitative estimate of drug-likeness (QED) is 0.371. The largest absolute Gasteiger partial charge is 0.411 e. The van der Waals surface area contributed by atoms with Gasteiger partial charge in [-0.25, -0.2) is 0 Å². The lowest BCUT2D eigenvalue weighted by atomic mass is 10.1. The first-order chi connectivity index (χ1) is 5.02. The van der Waals surface area contributed by atoms with Gasteiger partial charge in [-0.2, -0.15) is 0 Å². The van der Waals surface area contributed by atoms with E-state index in [1.165, 1.54) is 6.21 Å². The van der Waals surface area contributed by atoms with Crippen LogP contribution < -0.4 is 5.32 Å². The molecular weight excluding hydrogens is 140 g/mol. The van der Waals surface area contributed by atoms with Crippen LogP contribution in [0.2, 0.25) is 0 Å². The first-order valence-electron chi connectivity index (χ1n) is 3.98. The molecule has 0 aromatic rings. The van der Waals surface area contributed by atoms with Crippen LogP contribution in [-0.2, 0) is 0 Å². The van der Waals surface area contributed by atoms with Gasteiger partial charge in [0.25, 0.3) is 0 Å². The Balaban J connectivity index is 3.90. The van der Waals surface area contributed by atoms with E-state index in [2.05, 4.69) is 24.3 Å². The van der Waals surface area contributed by atoms with Crippen molar-refractivity contribution in [2.75, 3.05) is 0 Å². The summed E-state index contributed by atoms with van der Waals surface area (Å²) in [5, 5.41) is 14.6. The van der Waals surface area contributed by atoms with Crippen molar-refractivity contribution in [1.29, 1.82) is 0 Å². The van der Waals surface area contributed by atoms with E-state index >= 15 is 0 Å². The molecule has 0 bridgehead atoms. The molecule has 0 aromatic carbocycles. The van der Waals surface area contributed by atoms with Crippen molar-refractivity contribution in [2.24, 2.45) is 5.16 Å². The lowest BCUT2D eigenvalue weighted by Crippen LogP contribution is -2.45. The van der Waals surface area contributed by atoms with Gasteiger partial charge in [-0.15, -0.1) is 5.16 Å². The smallest absolute Gasteiger partial charge is 0.0631 e. The summed E-state index contributed by atoms with van der Waals surface area (Å²) in [6.45, 7) is 8.16. The molecule has 0 amide bonds. The molecule has 0 heterocycles. The van der Waals surface area contributed by atoms with Gasteiger partial charge in [0.2, 0.25) is 0 Å². The Labute approximate surface area is 68.5 Å². The molecule has 3 heteroatoms. The van der Waals surface area contributed by atoms with E-state index in [1.54, 1.807) is 0 Å². The third kappa shape index (κ3) is 4.79. The molecule has 0 aromatic heterocycles. The minimum absolute atomic E-state index is 0.218. The Hall–Kier alpha value is -0.570. The molecule has 2 N–H and O–H groups in total. The SMILES string of the molecule is CC[C@H](C)NC(C)(C)/C=N\O. The Morgan fingerprint density at radius 2 is 2.18 bits per heavy atom. The Morgan fingerprint density at radius 1 is 1.64 bits per heavy atom. The Kier molecular flexibility index (Phi) is 4.11. The van der Waals surface area contributed by atoms with Gasteiger partial charge in [0, 0.05) is 6.04 Å². The van der Waals surface area contributed by atoms with Crippen molar-refractivity contribution < 1.29 is 5.21 Å². The average molecular weight is 158 g/mol. The van der Waals surface area contributed by atoms with E-state index < -0.39 is 0 Å². The summed E-state index contributed by atoms with van der Waals surface area (Å²) in [5.41, 5.74) is -0.218. The van der Waals surface area contributed by atoms with Crippen molar-refractivity contribution >= 4 is 6.21 Å². The molecule has 0 unspecified atom stereocenters. The predicted molar refractivity (Wildman–Crippen MR) is 47.2 cm³/mol. The molecule has 0 rings (SSSR count). The van der Waals surface area contributed by atoms with Gasteiger partial charge in [-0.1, -0.05) is 6.92 Å². The lowest BCUT2D eigenvalue weighted by Gasteiger charge is -2.24. The van der Waals surface area contributed by atoms with E-state index in [0.29, 0.717) is 6.04 Å². The van der Waals surface area contributed by atoms with Crippen molar-refractivity contribution in [3.05, 3.63) is 0 Å². The van der Waals surface area contributed by atoms with Crippen LogP contribution in [-0.4, -0.2) is 23.0 Å². The van der Waals surface area contributed by atoms with E-state index in [0.717, 1.165) is 6.42 Å². The van der Waals surface area contributed by atoms with Crippen LogP contribution in [0.5, 0.6) is 0 Å². The molecule has 1 atom stereocenters. The molecule has 66 valence electrons. The fourth-order valence-electron chi connectivity index (χ4n) is 0.919. The second kappa shape index (κ2) is 4.34. The third-order valence-corrected chi connectivity index (χ3v) is 1.61. The molecule has 0 saturated heterocycles. The summed E-state index contributed by atoms with van der Waals surface area (Å²) < 4.78 is 0. The zero-order valence-electron chi connectivity index (χ0n) is 7.76. The van der Waals surface area contributed by atoms with Crippen LogP contribution in [0.3, 0.4) is 0 Å². The minimum atomic E-state index is -0.218. The third-order valence-electron chi connectivity index (χ3n) is 1.61. The monoisotopic (exact) mass is 158 g/mol. The summed E-state index contributed by atoms with van der Waals surface area (Å²) >= 11 is 0. The van der Waals surface area contributed by atoms with Gasteiger partial charge < -0.3 is 10.5 Å². The van der Waals surface area contributed by atoms with Gasteiger partial charge in [0.15, 0.2) is 0 Å². The van der Waals surface area contributed by atoms with Gasteiger partial charge >= 0.3 is 0 Å². The topological polar surface area (TPSA) is 44.6 Å². The van der Waals surface area contributed by atoms with Crippen LogP contribution in [0.25, 0.3) is 0 Å². The normalized spacial score (nSPS) is 15.6. The molecule has 0 radical (unpaired) electrons. The van der Waals surface area contributed by atoms with Crippen molar-refractivity contribution in [3.8, 4) is 0 Å². The zero-order chi connectivity index (χ0) is 8.91. The second-order valence-corrected chi connectivity index (χ2v) is 3.42. The fourth-order valence-corrected chi connectivity index (χ4v) is 0.919. The van der Waals surface area contributed by atoms with Crippen molar-refractivity contribution in [1.82, 2.24) is 5.32 Å². The molecule has 0 aliphatic heterocycles. The molecule has 0 aliphatic carbocycles. The first kappa shape index (κ1) is 10.4. The van der Waals surface area contributed by atoms with E-state index in [-0.39, 0.29) is 5.54 Å². The standard InChI is InChI=1S/C8H18N2O/c1-5-7(2)10-8(3,4)6-9-11/h6-7,10-11H,5H2,1-4H3/b9-6-/t7-/m0/s1. The fraction of sp³-hybridized carbons (Fsp3) is 0.875. The van der Waals surface area contributed by atoms with Gasteiger partial charge in [-0.3, -0.25) is 0 Å². The van der Waals surface area contributed by atoms with E-state index in [4.69, 9.17) is 5.21 Å². The zero-order valence-corrected chi connectivity index (χ0v) is 7.76. The lowest BCUT2D eigenvalue weighted by molar-refractivity contribution is 0.313. The number of oxime groups is 1. The van der Waals surface area contributed by atoms with Crippen LogP contribution in [0.1, 0.15) is 34.1 Å². The highest BCUT2D eigenvalue weighted by atomic mass is 16.4. The predicted octanol–water partition coefficient (Wildman–Crippen LogP) is 1.61. The van der Waals surface area contributed by atoms with Crippen LogP contribution >= 0.6 is 0 Å². The molecule has 11 heavy (non-hydrogen) atoms. The van der Waals surface area contributed by atoms with E-state index in [9.17, 15) is 0 Å². The number of hydrogen-bond acceptors (Lipinski definition) is 3. The van der Waals surface area contributed by atoms with Gasteiger partial charge in [-0.05, 0) is 27.2 Å². The summed E-state index contributed by atoms with van der Waals surface area (Å²) in [6, 6.07) is 0.447. The Morgan fingerprint density at radius 3 is 2.55 bits per heavy atom. The summed E-state index contributed by atoms with van der Waals surface area (Å²) in [6.07, 6.45) is 2.57. The molecular formula is C8H18N2O. The highest BCUT2D eigenvalue weighted by Crippen LogP contribution is 2.01. The van der Waals surface area contributed by atoms with Crippen molar-refractivity contribution in [2.45, 2.75) is 45.7 Å². The molecule has 0 saturated carbocycles. The molecule has 0 aliphatic rings. The summed E-state index contributed by atoms with van der Waals surface area (Å²) in [5.74, 6) is 0. The maximum absolute atomic E-state index is 8.32. The number of rotatable bonds is 4. The van der Waals surface area contributed by atoms with Gasteiger partial charge in [0.05, 0.1) is 11.8 Å². The molecule has 3 nitrogen and oxygen atoms in total. The highest BCUT2D eigenvalue weighted by Gasteiger charge is 2.16. The minimum Gasteiger partial charge on any atom is -0.411 e. The molecule has 0 spiro atoms. The highest BCUT2D eigenvalue weighted by molar-refractivity contribution is 5.68. The molecule has 0 fully saturated rings. The Bertz CT molecular complexity index is 132. The number of nitrogens with zero attached hydrogens (tertiary/aromatic N) is 1. The van der Waals surface area contributed by atoms with Crippen LogP contribution in [0.4, 0.5) is 0 Å². The number of nitrogens with one attached hydrogen (secondary N) is 1. The van der Waals surface area contributed by atoms with Crippen molar-refractivity contribution in [3.63, 3.8) is 0 Å². The van der Waals surface area contributed by atoms with Crippen LogP contribution in [0, 0.1) is 0 Å². The van der Waals surface area contributed by atoms with E-state index in [1.807, 2.05) is 13.8 Å². The summed E-state index contributed by atoms with van der Waals surface area (Å²) in [4.78, 5) is 0. The summed E-state index contributed by atoms with van der Waals surface area (Å²) in [7, 11) is 0. The maximum atomic E-state index is 8.32.